The second-order valence-electron chi connectivity index (χ2n) is 6.66. The molecule has 1 heterocycles. The van der Waals surface area contributed by atoms with Crippen LogP contribution in [0.25, 0.3) is 0 Å². The Labute approximate surface area is 157 Å². The van der Waals surface area contributed by atoms with Crippen LogP contribution in [0.5, 0.6) is 5.75 Å². The van der Waals surface area contributed by atoms with Crippen LogP contribution in [-0.2, 0) is 16.1 Å². The summed E-state index contributed by atoms with van der Waals surface area (Å²) in [6.45, 7) is 3.85. The van der Waals surface area contributed by atoms with E-state index in [-0.39, 0.29) is 24.4 Å². The Morgan fingerprint density at radius 1 is 1.26 bits per heavy atom. The molecule has 4 amide bonds. The number of rotatable bonds is 5. The number of hydrogen-bond acceptors (Lipinski definition) is 4. The first-order valence-corrected chi connectivity index (χ1v) is 8.66. The Hall–Kier alpha value is -3.22. The Morgan fingerprint density at radius 2 is 1.96 bits per heavy atom. The summed E-state index contributed by atoms with van der Waals surface area (Å²) in [4.78, 5) is 42.4. The number of urea groups is 1. The summed E-state index contributed by atoms with van der Waals surface area (Å²) in [5.41, 5.74) is 1.47. The molecule has 2 aliphatic rings. The molecule has 0 spiro atoms. The highest BCUT2D eigenvalue weighted by molar-refractivity contribution is 6.23. The van der Waals surface area contributed by atoms with Gasteiger partial charge in [0.15, 0.2) is 0 Å². The van der Waals surface area contributed by atoms with Crippen molar-refractivity contribution in [3.8, 4) is 5.75 Å². The normalized spacial score (nSPS) is 18.8. The third-order valence-corrected chi connectivity index (χ3v) is 4.26. The maximum absolute atomic E-state index is 12.8. The minimum Gasteiger partial charge on any atom is -0.497 e. The second-order valence-corrected chi connectivity index (χ2v) is 6.66. The number of benzene rings is 1. The van der Waals surface area contributed by atoms with Crippen LogP contribution in [0.1, 0.15) is 19.4 Å². The zero-order chi connectivity index (χ0) is 19.6. The van der Waals surface area contributed by atoms with Crippen LogP contribution in [0.15, 0.2) is 53.1 Å². The molecule has 1 atom stereocenters. The molecule has 3 rings (SSSR count). The number of fused-ring (bicyclic) bond motifs is 1. The molecule has 0 aromatic heterocycles. The molecule has 1 aliphatic heterocycles. The van der Waals surface area contributed by atoms with Crippen molar-refractivity contribution in [3.05, 3.63) is 53.6 Å². The predicted octanol–water partition coefficient (Wildman–Crippen LogP) is 2.24. The SMILES string of the molecule is COc1ccc(CN2C(=O)N=C3C=C(C(=O)NC(C)C)C=CC3C2=O)cc1. The van der Waals surface area contributed by atoms with Crippen molar-refractivity contribution in [2.24, 2.45) is 10.9 Å². The van der Waals surface area contributed by atoms with E-state index in [1.165, 1.54) is 6.08 Å². The summed E-state index contributed by atoms with van der Waals surface area (Å²) in [6.07, 6.45) is 4.72. The monoisotopic (exact) mass is 367 g/mol. The molecule has 1 aliphatic carbocycles. The third kappa shape index (κ3) is 3.97. The molecule has 0 bridgehead atoms. The van der Waals surface area contributed by atoms with Crippen LogP contribution in [0, 0.1) is 5.92 Å². The number of carbonyl (C=O) groups is 3. The number of carbonyl (C=O) groups excluding carboxylic acids is 3. The summed E-state index contributed by atoms with van der Waals surface area (Å²) in [5.74, 6) is -0.570. The molecule has 1 aromatic carbocycles. The minimum absolute atomic E-state index is 0.0129. The Balaban J connectivity index is 1.79. The number of imide groups is 1. The molecule has 7 nitrogen and oxygen atoms in total. The fourth-order valence-corrected chi connectivity index (χ4v) is 2.89. The number of amides is 4. The number of ether oxygens (including phenoxy) is 1. The highest BCUT2D eigenvalue weighted by Gasteiger charge is 2.36. The molecule has 0 fully saturated rings. The van der Waals surface area contributed by atoms with Gasteiger partial charge in [-0.15, -0.1) is 0 Å². The molecule has 1 unspecified atom stereocenters. The number of nitrogens with one attached hydrogen (secondary N) is 1. The smallest absolute Gasteiger partial charge is 0.350 e. The first kappa shape index (κ1) is 18.6. The van der Waals surface area contributed by atoms with Gasteiger partial charge in [-0.25, -0.2) is 4.79 Å². The fourth-order valence-electron chi connectivity index (χ4n) is 2.89. The average molecular weight is 367 g/mol. The quantitative estimate of drug-likeness (QED) is 0.864. The summed E-state index contributed by atoms with van der Waals surface area (Å²) >= 11 is 0. The summed E-state index contributed by atoms with van der Waals surface area (Å²) < 4.78 is 5.11. The van der Waals surface area contributed by atoms with E-state index < -0.39 is 11.9 Å². The maximum atomic E-state index is 12.8. The molecule has 1 N–H and O–H groups in total. The van der Waals surface area contributed by atoms with E-state index in [1.54, 1.807) is 43.5 Å². The van der Waals surface area contributed by atoms with Gasteiger partial charge in [0.25, 0.3) is 5.91 Å². The first-order valence-electron chi connectivity index (χ1n) is 8.66. The maximum Gasteiger partial charge on any atom is 0.350 e. The molecular weight excluding hydrogens is 346 g/mol. The van der Waals surface area contributed by atoms with Crippen LogP contribution >= 0.6 is 0 Å². The van der Waals surface area contributed by atoms with Crippen LogP contribution in [-0.4, -0.2) is 41.6 Å². The molecule has 0 radical (unpaired) electrons. The molecule has 0 saturated carbocycles. The minimum atomic E-state index is -0.656. The standard InChI is InChI=1S/C20H21N3O4/c1-12(2)21-18(24)14-6-9-16-17(10-14)22-20(26)23(19(16)25)11-13-4-7-15(27-3)8-5-13/h4-10,12,16H,11H2,1-3H3,(H,21,24). The molecule has 140 valence electrons. The van der Waals surface area contributed by atoms with E-state index in [2.05, 4.69) is 10.3 Å². The Bertz CT molecular complexity index is 866. The molecule has 27 heavy (non-hydrogen) atoms. The predicted molar refractivity (Wildman–Crippen MR) is 100 cm³/mol. The summed E-state index contributed by atoms with van der Waals surface area (Å²) in [6, 6.07) is 6.49. The van der Waals surface area contributed by atoms with Crippen molar-refractivity contribution in [3.63, 3.8) is 0 Å². The van der Waals surface area contributed by atoms with E-state index >= 15 is 0 Å². The van der Waals surface area contributed by atoms with Gasteiger partial charge >= 0.3 is 6.03 Å². The zero-order valence-corrected chi connectivity index (χ0v) is 15.4. The lowest BCUT2D eigenvalue weighted by Gasteiger charge is -2.29. The highest BCUT2D eigenvalue weighted by Crippen LogP contribution is 2.24. The Morgan fingerprint density at radius 3 is 2.59 bits per heavy atom. The van der Waals surface area contributed by atoms with Crippen LogP contribution in [0.3, 0.4) is 0 Å². The van der Waals surface area contributed by atoms with Gasteiger partial charge in [-0.3, -0.25) is 14.5 Å². The van der Waals surface area contributed by atoms with Crippen LogP contribution in [0.4, 0.5) is 4.79 Å². The van der Waals surface area contributed by atoms with Gasteiger partial charge < -0.3 is 10.1 Å². The van der Waals surface area contributed by atoms with Gasteiger partial charge in [0.05, 0.1) is 25.3 Å². The number of nitrogens with zero attached hydrogens (tertiary/aromatic N) is 2. The van der Waals surface area contributed by atoms with Crippen molar-refractivity contribution in [2.45, 2.75) is 26.4 Å². The van der Waals surface area contributed by atoms with Gasteiger partial charge in [0.1, 0.15) is 5.75 Å². The average Bonchev–Trinajstić information content (AvgIpc) is 2.64. The third-order valence-electron chi connectivity index (χ3n) is 4.26. The van der Waals surface area contributed by atoms with Crippen molar-refractivity contribution >= 4 is 23.6 Å². The van der Waals surface area contributed by atoms with Crippen LogP contribution in [0.2, 0.25) is 0 Å². The van der Waals surface area contributed by atoms with Gasteiger partial charge in [-0.1, -0.05) is 24.3 Å². The van der Waals surface area contributed by atoms with E-state index in [4.69, 9.17) is 4.74 Å². The summed E-state index contributed by atoms with van der Waals surface area (Å²) in [7, 11) is 1.57. The van der Waals surface area contributed by atoms with Gasteiger partial charge in [-0.05, 0) is 37.6 Å². The van der Waals surface area contributed by atoms with Crippen molar-refractivity contribution in [2.75, 3.05) is 7.11 Å². The van der Waals surface area contributed by atoms with Gasteiger partial charge in [0, 0.05) is 11.6 Å². The lowest BCUT2D eigenvalue weighted by molar-refractivity contribution is -0.130. The fraction of sp³-hybridized carbons (Fsp3) is 0.300. The van der Waals surface area contributed by atoms with Gasteiger partial charge in [0.2, 0.25) is 5.91 Å². The van der Waals surface area contributed by atoms with Crippen molar-refractivity contribution < 1.29 is 19.1 Å². The lowest BCUT2D eigenvalue weighted by Crippen LogP contribution is -2.46. The molecule has 1 aromatic rings. The van der Waals surface area contributed by atoms with Crippen molar-refractivity contribution in [1.29, 1.82) is 0 Å². The molecular formula is C20H21N3O4. The van der Waals surface area contributed by atoms with Crippen molar-refractivity contribution in [1.82, 2.24) is 10.2 Å². The topological polar surface area (TPSA) is 88.1 Å². The number of allylic oxidation sites excluding steroid dienone is 1. The van der Waals surface area contributed by atoms with Crippen LogP contribution < -0.4 is 10.1 Å². The zero-order valence-electron chi connectivity index (χ0n) is 15.4. The largest absolute Gasteiger partial charge is 0.497 e. The van der Waals surface area contributed by atoms with E-state index in [0.717, 1.165) is 10.5 Å². The summed E-state index contributed by atoms with van der Waals surface area (Å²) in [5, 5.41) is 2.78. The second kappa shape index (κ2) is 7.57. The van der Waals surface area contributed by atoms with Gasteiger partial charge in [-0.2, -0.15) is 4.99 Å². The van der Waals surface area contributed by atoms with E-state index in [1.807, 2.05) is 13.8 Å². The highest BCUT2D eigenvalue weighted by atomic mass is 16.5. The number of aliphatic imine (C=N–C) groups is 1. The lowest BCUT2D eigenvalue weighted by atomic mass is 9.91. The first-order chi connectivity index (χ1) is 12.9. The molecule has 7 heteroatoms. The van der Waals surface area contributed by atoms with E-state index in [0.29, 0.717) is 17.0 Å². The Kier molecular flexibility index (Phi) is 5.21. The molecule has 0 saturated heterocycles. The number of methoxy groups -OCH3 is 1. The van der Waals surface area contributed by atoms with E-state index in [9.17, 15) is 14.4 Å². The number of hydrogen-bond donors (Lipinski definition) is 1.